The maximum absolute atomic E-state index is 12.5. The monoisotopic (exact) mass is 382 g/mol. The molecule has 0 saturated carbocycles. The van der Waals surface area contributed by atoms with Crippen LogP contribution in [0.2, 0.25) is 5.02 Å². The zero-order chi connectivity index (χ0) is 19.0. The number of nitrogens with zero attached hydrogens (tertiary/aromatic N) is 1. The topological polar surface area (TPSA) is 96.1 Å². The van der Waals surface area contributed by atoms with Crippen molar-refractivity contribution in [1.29, 1.82) is 0 Å². The minimum absolute atomic E-state index is 0.232. The molecule has 2 aromatic carbocycles. The highest BCUT2D eigenvalue weighted by Gasteiger charge is 2.24. The molecule has 27 heavy (non-hydrogen) atoms. The van der Waals surface area contributed by atoms with E-state index in [1.165, 1.54) is 0 Å². The molecule has 3 aromatic rings. The standard InChI is InChI=1S/C19H15ClN4O3/c1-10-18(25)22-15-8-11(6-7-17(15)27-10)21-19(26)16-9-14(23-24-16)12-4-2-3-5-13(12)20/h2-10H,1H3,(H,21,26)(H,22,25)(H,23,24). The van der Waals surface area contributed by atoms with Crippen LogP contribution in [0.3, 0.4) is 0 Å². The van der Waals surface area contributed by atoms with Gasteiger partial charge in [-0.1, -0.05) is 29.8 Å². The largest absolute Gasteiger partial charge is 0.479 e. The fourth-order valence-electron chi connectivity index (χ4n) is 2.73. The number of ether oxygens (including phenoxy) is 1. The summed E-state index contributed by atoms with van der Waals surface area (Å²) < 4.78 is 5.50. The second-order valence-electron chi connectivity index (χ2n) is 6.06. The van der Waals surface area contributed by atoms with Crippen molar-refractivity contribution < 1.29 is 14.3 Å². The van der Waals surface area contributed by atoms with Gasteiger partial charge in [-0.2, -0.15) is 5.10 Å². The van der Waals surface area contributed by atoms with Gasteiger partial charge >= 0.3 is 0 Å². The molecule has 8 heteroatoms. The Hall–Kier alpha value is -3.32. The van der Waals surface area contributed by atoms with Crippen LogP contribution in [0, 0.1) is 0 Å². The summed E-state index contributed by atoms with van der Waals surface area (Å²) >= 11 is 6.17. The molecule has 1 aliphatic heterocycles. The third-order valence-electron chi connectivity index (χ3n) is 4.14. The number of carbonyl (C=O) groups excluding carboxylic acids is 2. The molecule has 7 nitrogen and oxygen atoms in total. The summed E-state index contributed by atoms with van der Waals surface area (Å²) in [5.74, 6) is -0.0382. The third-order valence-corrected chi connectivity index (χ3v) is 4.47. The number of H-pyrrole nitrogens is 1. The number of halogens is 1. The Morgan fingerprint density at radius 2 is 2.04 bits per heavy atom. The van der Waals surface area contributed by atoms with Crippen molar-refractivity contribution in [3.63, 3.8) is 0 Å². The number of hydrogen-bond acceptors (Lipinski definition) is 4. The van der Waals surface area contributed by atoms with Gasteiger partial charge in [0, 0.05) is 11.3 Å². The van der Waals surface area contributed by atoms with Crippen LogP contribution in [-0.2, 0) is 4.79 Å². The molecule has 1 aromatic heterocycles. The molecule has 0 bridgehead atoms. The van der Waals surface area contributed by atoms with Crippen molar-refractivity contribution in [2.75, 3.05) is 10.6 Å². The lowest BCUT2D eigenvalue weighted by molar-refractivity contribution is -0.122. The van der Waals surface area contributed by atoms with Crippen LogP contribution in [0.5, 0.6) is 5.75 Å². The second kappa shape index (κ2) is 6.77. The highest BCUT2D eigenvalue weighted by Crippen LogP contribution is 2.32. The normalized spacial score (nSPS) is 15.5. The second-order valence-corrected chi connectivity index (χ2v) is 6.47. The van der Waals surface area contributed by atoms with Crippen molar-refractivity contribution in [3.8, 4) is 17.0 Å². The number of aromatic nitrogens is 2. The molecule has 0 aliphatic carbocycles. The zero-order valence-corrected chi connectivity index (χ0v) is 15.0. The van der Waals surface area contributed by atoms with Crippen molar-refractivity contribution in [1.82, 2.24) is 10.2 Å². The fourth-order valence-corrected chi connectivity index (χ4v) is 2.96. The third kappa shape index (κ3) is 3.37. The molecular weight excluding hydrogens is 368 g/mol. The molecule has 3 N–H and O–H groups in total. The van der Waals surface area contributed by atoms with Crippen LogP contribution in [0.1, 0.15) is 17.4 Å². The molecule has 2 heterocycles. The first kappa shape index (κ1) is 17.1. The average Bonchev–Trinajstić information content (AvgIpc) is 3.13. The Balaban J connectivity index is 1.53. The van der Waals surface area contributed by atoms with Gasteiger partial charge in [0.05, 0.1) is 16.4 Å². The molecule has 1 atom stereocenters. The predicted molar refractivity (Wildman–Crippen MR) is 102 cm³/mol. The van der Waals surface area contributed by atoms with Crippen LogP contribution in [0.25, 0.3) is 11.3 Å². The summed E-state index contributed by atoms with van der Waals surface area (Å²) in [6.07, 6.45) is -0.550. The van der Waals surface area contributed by atoms with Crippen LogP contribution < -0.4 is 15.4 Å². The summed E-state index contributed by atoms with van der Waals surface area (Å²) in [4.78, 5) is 24.2. The van der Waals surface area contributed by atoms with Crippen LogP contribution >= 0.6 is 11.6 Å². The molecule has 2 amide bonds. The van der Waals surface area contributed by atoms with Gasteiger partial charge in [0.25, 0.3) is 11.8 Å². The molecule has 4 rings (SSSR count). The number of anilines is 2. The molecule has 1 aliphatic rings. The molecular formula is C19H15ClN4O3. The minimum atomic E-state index is -0.550. The lowest BCUT2D eigenvalue weighted by atomic mass is 10.1. The number of fused-ring (bicyclic) bond motifs is 1. The Labute approximate surface area is 159 Å². The Morgan fingerprint density at radius 3 is 2.85 bits per heavy atom. The smallest absolute Gasteiger partial charge is 0.273 e. The lowest BCUT2D eigenvalue weighted by Crippen LogP contribution is -2.34. The maximum Gasteiger partial charge on any atom is 0.273 e. The molecule has 136 valence electrons. The molecule has 0 fully saturated rings. The zero-order valence-electron chi connectivity index (χ0n) is 14.2. The molecule has 0 radical (unpaired) electrons. The predicted octanol–water partition coefficient (Wildman–Crippen LogP) is 3.70. The molecule has 1 unspecified atom stereocenters. The number of nitrogens with one attached hydrogen (secondary N) is 3. The van der Waals surface area contributed by atoms with Gasteiger partial charge in [0.15, 0.2) is 6.10 Å². The summed E-state index contributed by atoms with van der Waals surface area (Å²) in [7, 11) is 0. The summed E-state index contributed by atoms with van der Waals surface area (Å²) in [6.45, 7) is 1.67. The van der Waals surface area contributed by atoms with E-state index in [-0.39, 0.29) is 17.5 Å². The highest BCUT2D eigenvalue weighted by molar-refractivity contribution is 6.33. The molecule has 0 saturated heterocycles. The number of benzene rings is 2. The van der Waals surface area contributed by atoms with Crippen molar-refractivity contribution in [3.05, 3.63) is 59.2 Å². The highest BCUT2D eigenvalue weighted by atomic mass is 35.5. The first-order valence-electron chi connectivity index (χ1n) is 8.24. The van der Waals surface area contributed by atoms with E-state index in [0.29, 0.717) is 27.8 Å². The fraction of sp³-hybridized carbons (Fsp3) is 0.105. The van der Waals surface area contributed by atoms with Crippen LogP contribution in [0.15, 0.2) is 48.5 Å². The van der Waals surface area contributed by atoms with Gasteiger partial charge < -0.3 is 15.4 Å². The quantitative estimate of drug-likeness (QED) is 0.643. The van der Waals surface area contributed by atoms with Crippen LogP contribution in [0.4, 0.5) is 11.4 Å². The van der Waals surface area contributed by atoms with E-state index in [4.69, 9.17) is 16.3 Å². The number of amides is 2. The van der Waals surface area contributed by atoms with Crippen molar-refractivity contribution >= 4 is 34.8 Å². The Morgan fingerprint density at radius 1 is 1.22 bits per heavy atom. The van der Waals surface area contributed by atoms with Crippen molar-refractivity contribution in [2.24, 2.45) is 0 Å². The SMILES string of the molecule is CC1Oc2ccc(NC(=O)c3cc(-c4ccccc4Cl)n[nH]3)cc2NC1=O. The van der Waals surface area contributed by atoms with E-state index in [1.807, 2.05) is 18.2 Å². The van der Waals surface area contributed by atoms with Crippen molar-refractivity contribution in [2.45, 2.75) is 13.0 Å². The van der Waals surface area contributed by atoms with E-state index in [1.54, 1.807) is 37.3 Å². The molecule has 0 spiro atoms. The van der Waals surface area contributed by atoms with E-state index in [9.17, 15) is 9.59 Å². The van der Waals surface area contributed by atoms with Gasteiger partial charge in [-0.15, -0.1) is 0 Å². The van der Waals surface area contributed by atoms with E-state index < -0.39 is 6.10 Å². The summed E-state index contributed by atoms with van der Waals surface area (Å²) in [5, 5.41) is 12.9. The van der Waals surface area contributed by atoms with Gasteiger partial charge in [0.1, 0.15) is 11.4 Å². The first-order chi connectivity index (χ1) is 13.0. The Bertz CT molecular complexity index is 1050. The number of carbonyl (C=O) groups is 2. The van der Waals surface area contributed by atoms with Gasteiger partial charge in [-0.05, 0) is 37.3 Å². The van der Waals surface area contributed by atoms with E-state index in [2.05, 4.69) is 20.8 Å². The van der Waals surface area contributed by atoms with E-state index >= 15 is 0 Å². The maximum atomic E-state index is 12.5. The van der Waals surface area contributed by atoms with Crippen LogP contribution in [-0.4, -0.2) is 28.1 Å². The Kier molecular flexibility index (Phi) is 4.29. The van der Waals surface area contributed by atoms with E-state index in [0.717, 1.165) is 5.56 Å². The van der Waals surface area contributed by atoms with Gasteiger partial charge in [-0.3, -0.25) is 14.7 Å². The summed E-state index contributed by atoms with van der Waals surface area (Å²) in [6, 6.07) is 13.9. The van der Waals surface area contributed by atoms with Gasteiger partial charge in [0.2, 0.25) is 0 Å². The number of hydrogen-bond donors (Lipinski definition) is 3. The first-order valence-corrected chi connectivity index (χ1v) is 8.62. The van der Waals surface area contributed by atoms with Gasteiger partial charge in [-0.25, -0.2) is 0 Å². The number of rotatable bonds is 3. The summed E-state index contributed by atoms with van der Waals surface area (Å²) in [5.41, 5.74) is 2.63. The minimum Gasteiger partial charge on any atom is -0.479 e. The average molecular weight is 383 g/mol. The number of aromatic amines is 1. The lowest BCUT2D eigenvalue weighted by Gasteiger charge is -2.23.